The summed E-state index contributed by atoms with van der Waals surface area (Å²) in [6.07, 6.45) is 4.38. The lowest BCUT2D eigenvalue weighted by Gasteiger charge is -2.26. The minimum atomic E-state index is -1.10. The zero-order chi connectivity index (χ0) is 32.1. The van der Waals surface area contributed by atoms with Crippen molar-refractivity contribution in [1.82, 2.24) is 25.8 Å². The van der Waals surface area contributed by atoms with Gasteiger partial charge in [0.2, 0.25) is 11.8 Å². The fraction of sp³-hybridized carbons (Fsp3) is 0.382. The molecule has 0 radical (unpaired) electrons. The predicted octanol–water partition coefficient (Wildman–Crippen LogP) is 3.33. The van der Waals surface area contributed by atoms with Gasteiger partial charge in [0, 0.05) is 48.7 Å². The lowest BCUT2D eigenvalue weighted by atomic mass is 10.00. The molecule has 2 aliphatic rings. The van der Waals surface area contributed by atoms with Gasteiger partial charge in [-0.15, -0.1) is 0 Å². The number of hydrogen-bond donors (Lipinski definition) is 3. The Hall–Kier alpha value is -4.93. The third kappa shape index (κ3) is 7.08. The summed E-state index contributed by atoms with van der Waals surface area (Å²) < 4.78 is 11.4. The first-order chi connectivity index (χ1) is 21.6. The predicted molar refractivity (Wildman–Crippen MR) is 168 cm³/mol. The monoisotopic (exact) mass is 613 g/mol. The highest BCUT2D eigenvalue weighted by Gasteiger charge is 2.52. The van der Waals surface area contributed by atoms with Crippen molar-refractivity contribution in [3.63, 3.8) is 0 Å². The van der Waals surface area contributed by atoms with Crippen LogP contribution in [-0.2, 0) is 16.1 Å². The van der Waals surface area contributed by atoms with E-state index in [1.807, 2.05) is 26.0 Å². The van der Waals surface area contributed by atoms with E-state index in [0.29, 0.717) is 47.5 Å². The number of benzene rings is 2. The highest BCUT2D eigenvalue weighted by atomic mass is 16.5. The van der Waals surface area contributed by atoms with Crippen LogP contribution in [0.25, 0.3) is 11.1 Å². The van der Waals surface area contributed by atoms with E-state index in [0.717, 1.165) is 5.56 Å². The third-order valence-electron chi connectivity index (χ3n) is 8.08. The Morgan fingerprint density at radius 2 is 1.76 bits per heavy atom. The van der Waals surface area contributed by atoms with E-state index in [4.69, 9.17) is 9.47 Å². The SMILES string of the molecule is COc1cc2cc(c1OC)-c1cncc(c1)C(=O)NC1(CC1)C(=O)N[C@H](CC(C)C)C(=O)NCCN(C(=O)c1ccccc1)C2. The van der Waals surface area contributed by atoms with Crippen molar-refractivity contribution in [3.05, 3.63) is 77.6 Å². The molecule has 1 aliphatic heterocycles. The molecule has 45 heavy (non-hydrogen) atoms. The fourth-order valence-electron chi connectivity index (χ4n) is 5.53. The van der Waals surface area contributed by atoms with E-state index in [-0.39, 0.29) is 42.9 Å². The molecule has 3 N–H and O–H groups in total. The zero-order valence-corrected chi connectivity index (χ0v) is 26.0. The second kappa shape index (κ2) is 13.4. The van der Waals surface area contributed by atoms with Gasteiger partial charge in [-0.1, -0.05) is 32.0 Å². The van der Waals surface area contributed by atoms with Crippen LogP contribution in [0.15, 0.2) is 60.9 Å². The molecule has 5 rings (SSSR count). The first-order valence-corrected chi connectivity index (χ1v) is 15.1. The molecular weight excluding hydrogens is 574 g/mol. The molecule has 4 bridgehead atoms. The Balaban J connectivity index is 1.58. The van der Waals surface area contributed by atoms with Gasteiger partial charge in [-0.05, 0) is 61.1 Å². The Morgan fingerprint density at radius 3 is 2.42 bits per heavy atom. The van der Waals surface area contributed by atoms with Gasteiger partial charge in [-0.2, -0.15) is 0 Å². The largest absolute Gasteiger partial charge is 0.493 e. The zero-order valence-electron chi connectivity index (χ0n) is 26.0. The summed E-state index contributed by atoms with van der Waals surface area (Å²) >= 11 is 0. The van der Waals surface area contributed by atoms with E-state index in [9.17, 15) is 19.2 Å². The van der Waals surface area contributed by atoms with Gasteiger partial charge in [0.15, 0.2) is 11.5 Å². The summed E-state index contributed by atoms with van der Waals surface area (Å²) in [6, 6.07) is 13.5. The van der Waals surface area contributed by atoms with Crippen LogP contribution in [-0.4, -0.2) is 72.4 Å². The maximum atomic E-state index is 13.7. The number of hydrogen-bond acceptors (Lipinski definition) is 7. The summed E-state index contributed by atoms with van der Waals surface area (Å²) in [5, 5.41) is 8.69. The van der Waals surface area contributed by atoms with Crippen molar-refractivity contribution in [3.8, 4) is 22.6 Å². The number of methoxy groups -OCH3 is 2. The Bertz CT molecular complexity index is 1590. The molecule has 4 amide bonds. The van der Waals surface area contributed by atoms with Gasteiger partial charge in [0.05, 0.1) is 19.8 Å². The number of aromatic nitrogens is 1. The van der Waals surface area contributed by atoms with Crippen molar-refractivity contribution in [1.29, 1.82) is 0 Å². The molecule has 1 aromatic heterocycles. The number of amides is 4. The van der Waals surface area contributed by atoms with Gasteiger partial charge in [0.1, 0.15) is 11.6 Å². The first-order valence-electron chi connectivity index (χ1n) is 15.1. The molecule has 1 atom stereocenters. The highest BCUT2D eigenvalue weighted by molar-refractivity contribution is 6.02. The maximum Gasteiger partial charge on any atom is 0.254 e. The van der Waals surface area contributed by atoms with Crippen LogP contribution in [0.5, 0.6) is 11.5 Å². The van der Waals surface area contributed by atoms with Gasteiger partial charge in [-0.25, -0.2) is 0 Å². The molecule has 1 aliphatic carbocycles. The molecule has 2 heterocycles. The summed E-state index contributed by atoms with van der Waals surface area (Å²) in [6.45, 7) is 4.51. The summed E-state index contributed by atoms with van der Waals surface area (Å²) in [4.78, 5) is 60.0. The van der Waals surface area contributed by atoms with Gasteiger partial charge >= 0.3 is 0 Å². The van der Waals surface area contributed by atoms with Crippen LogP contribution in [0.3, 0.4) is 0 Å². The molecule has 0 unspecified atom stereocenters. The molecule has 3 aromatic rings. The van der Waals surface area contributed by atoms with Crippen molar-refractivity contribution in [2.75, 3.05) is 27.3 Å². The number of rotatable bonds is 5. The Morgan fingerprint density at radius 1 is 1.02 bits per heavy atom. The molecule has 2 aromatic carbocycles. The number of carbonyl (C=O) groups excluding carboxylic acids is 4. The number of carbonyl (C=O) groups is 4. The minimum absolute atomic E-state index is 0.118. The molecule has 1 fully saturated rings. The number of ether oxygens (including phenoxy) is 2. The van der Waals surface area contributed by atoms with Crippen molar-refractivity contribution in [2.24, 2.45) is 5.92 Å². The quantitative estimate of drug-likeness (QED) is 0.401. The Labute approximate surface area is 262 Å². The number of nitrogens with zero attached hydrogens (tertiary/aromatic N) is 2. The third-order valence-corrected chi connectivity index (χ3v) is 8.08. The number of nitrogens with one attached hydrogen (secondary N) is 3. The Kier molecular flexibility index (Phi) is 9.36. The lowest BCUT2D eigenvalue weighted by Crippen LogP contribution is -2.56. The van der Waals surface area contributed by atoms with E-state index < -0.39 is 23.4 Å². The van der Waals surface area contributed by atoms with Crippen LogP contribution in [0.4, 0.5) is 0 Å². The van der Waals surface area contributed by atoms with E-state index in [1.54, 1.807) is 47.5 Å². The van der Waals surface area contributed by atoms with Gasteiger partial charge in [-0.3, -0.25) is 24.2 Å². The van der Waals surface area contributed by atoms with E-state index in [1.165, 1.54) is 20.4 Å². The normalized spacial score (nSPS) is 18.3. The smallest absolute Gasteiger partial charge is 0.254 e. The highest BCUT2D eigenvalue weighted by Crippen LogP contribution is 2.40. The van der Waals surface area contributed by atoms with Crippen LogP contribution < -0.4 is 25.4 Å². The van der Waals surface area contributed by atoms with Crippen LogP contribution in [0, 0.1) is 5.92 Å². The average molecular weight is 614 g/mol. The fourth-order valence-corrected chi connectivity index (χ4v) is 5.53. The molecular formula is C34H39N5O6. The van der Waals surface area contributed by atoms with Crippen molar-refractivity contribution >= 4 is 23.6 Å². The molecule has 1 spiro atoms. The van der Waals surface area contributed by atoms with Gasteiger partial charge < -0.3 is 30.3 Å². The summed E-state index contributed by atoms with van der Waals surface area (Å²) in [5.41, 5.74) is 1.63. The standard InChI is InChI=1S/C34H39N5O6/c1-21(2)14-27-31(41)36-12-13-39(32(42)23-8-6-5-7-9-23)20-22-15-26(29(45-4)28(16-22)44-3)24-17-25(19-35-18-24)30(40)38-34(10-11-34)33(43)37-27/h5-9,15-19,21,27H,10-14,20H2,1-4H3,(H,36,41)(H,37,43)(H,38,40)/t27-/m1/s1. The topological polar surface area (TPSA) is 139 Å². The molecule has 236 valence electrons. The van der Waals surface area contributed by atoms with Crippen LogP contribution in [0.1, 0.15) is 59.4 Å². The average Bonchev–Trinajstić information content (AvgIpc) is 3.83. The second-order valence-corrected chi connectivity index (χ2v) is 11.9. The van der Waals surface area contributed by atoms with Crippen molar-refractivity contribution < 1.29 is 28.7 Å². The second-order valence-electron chi connectivity index (χ2n) is 11.9. The lowest BCUT2D eigenvalue weighted by molar-refractivity contribution is -0.130. The maximum absolute atomic E-state index is 13.7. The van der Waals surface area contributed by atoms with Crippen molar-refractivity contribution in [2.45, 2.75) is 51.2 Å². The van der Waals surface area contributed by atoms with E-state index >= 15 is 0 Å². The van der Waals surface area contributed by atoms with E-state index in [2.05, 4.69) is 20.9 Å². The van der Waals surface area contributed by atoms with Crippen LogP contribution in [0.2, 0.25) is 0 Å². The molecule has 0 saturated heterocycles. The molecule has 11 nitrogen and oxygen atoms in total. The minimum Gasteiger partial charge on any atom is -0.493 e. The summed E-state index contributed by atoms with van der Waals surface area (Å²) in [7, 11) is 3.06. The van der Waals surface area contributed by atoms with Gasteiger partial charge in [0.25, 0.3) is 11.8 Å². The van der Waals surface area contributed by atoms with Crippen LogP contribution >= 0.6 is 0 Å². The number of fused-ring (bicyclic) bond motifs is 5. The summed E-state index contributed by atoms with van der Waals surface area (Å²) in [5.74, 6) is -0.409. The number of pyridine rings is 1. The first kappa shape index (κ1) is 31.5. The molecule has 1 saturated carbocycles. The molecule has 11 heteroatoms.